The van der Waals surface area contributed by atoms with E-state index in [0.29, 0.717) is 56.2 Å². The zero-order valence-corrected chi connectivity index (χ0v) is 14.2. The summed E-state index contributed by atoms with van der Waals surface area (Å²) in [5, 5.41) is 9.63. The van der Waals surface area contributed by atoms with Crippen molar-refractivity contribution >= 4 is 12.2 Å². The average molecular weight is 336 g/mol. The van der Waals surface area contributed by atoms with Gasteiger partial charge in [0.25, 0.3) is 0 Å². The van der Waals surface area contributed by atoms with Gasteiger partial charge >= 0.3 is 5.63 Å². The molecule has 1 heterocycles. The maximum atomic E-state index is 12.2. The van der Waals surface area contributed by atoms with Gasteiger partial charge in [-0.05, 0) is 31.1 Å². The minimum absolute atomic E-state index is 0.164. The Kier molecular flexibility index (Phi) is 7.24. The standard InChI is InChI=1S/C18H24O6/c1-3-4-17-16(12-19)14-6-5-13(11-15(14)18(20)24-17)23-10-9-22-8-7-21-2/h3-4,11,19H,5-10,12H2,1-2H3/b4-3-. The van der Waals surface area contributed by atoms with Crippen molar-refractivity contribution in [2.24, 2.45) is 0 Å². The van der Waals surface area contributed by atoms with Crippen molar-refractivity contribution in [2.45, 2.75) is 26.4 Å². The van der Waals surface area contributed by atoms with E-state index >= 15 is 0 Å². The van der Waals surface area contributed by atoms with Gasteiger partial charge in [-0.25, -0.2) is 4.79 Å². The number of rotatable bonds is 9. The quantitative estimate of drug-likeness (QED) is 0.696. The largest absolute Gasteiger partial charge is 0.495 e. The van der Waals surface area contributed by atoms with E-state index < -0.39 is 5.63 Å². The van der Waals surface area contributed by atoms with Gasteiger partial charge < -0.3 is 23.7 Å². The molecule has 132 valence electrons. The summed E-state index contributed by atoms with van der Waals surface area (Å²) in [5.41, 5.74) is 1.56. The monoisotopic (exact) mass is 336 g/mol. The molecular weight excluding hydrogens is 312 g/mol. The average Bonchev–Trinajstić information content (AvgIpc) is 2.59. The second-order valence-electron chi connectivity index (χ2n) is 5.35. The third-order valence-electron chi connectivity index (χ3n) is 3.76. The molecule has 0 bridgehead atoms. The lowest BCUT2D eigenvalue weighted by Gasteiger charge is -2.19. The van der Waals surface area contributed by atoms with Crippen LogP contribution in [-0.2, 0) is 27.2 Å². The van der Waals surface area contributed by atoms with Crippen molar-refractivity contribution in [3.05, 3.63) is 44.7 Å². The van der Waals surface area contributed by atoms with Crippen LogP contribution >= 0.6 is 0 Å². The molecular formula is C18H24O6. The molecule has 1 aromatic rings. The van der Waals surface area contributed by atoms with Gasteiger partial charge in [0.05, 0.1) is 37.8 Å². The number of hydrogen-bond acceptors (Lipinski definition) is 6. The van der Waals surface area contributed by atoms with Crippen LogP contribution in [0.25, 0.3) is 12.2 Å². The molecule has 6 nitrogen and oxygen atoms in total. The van der Waals surface area contributed by atoms with Crippen molar-refractivity contribution in [2.75, 3.05) is 33.5 Å². The molecule has 1 aromatic heterocycles. The number of aliphatic hydroxyl groups is 1. The van der Waals surface area contributed by atoms with E-state index in [0.717, 1.165) is 11.3 Å². The molecule has 0 aromatic carbocycles. The molecule has 0 unspecified atom stereocenters. The van der Waals surface area contributed by atoms with E-state index in [1.165, 1.54) is 0 Å². The van der Waals surface area contributed by atoms with E-state index in [2.05, 4.69) is 0 Å². The summed E-state index contributed by atoms with van der Waals surface area (Å²) < 4.78 is 21.2. The molecule has 24 heavy (non-hydrogen) atoms. The fourth-order valence-corrected chi connectivity index (χ4v) is 2.61. The van der Waals surface area contributed by atoms with Crippen molar-refractivity contribution < 1.29 is 23.7 Å². The van der Waals surface area contributed by atoms with Gasteiger partial charge in [-0.1, -0.05) is 6.08 Å². The second kappa shape index (κ2) is 9.42. The fourth-order valence-electron chi connectivity index (χ4n) is 2.61. The molecule has 1 aliphatic rings. The van der Waals surface area contributed by atoms with Crippen molar-refractivity contribution in [3.8, 4) is 0 Å². The highest BCUT2D eigenvalue weighted by Crippen LogP contribution is 2.27. The first kappa shape index (κ1) is 18.4. The number of aliphatic hydroxyl groups excluding tert-OH is 1. The first-order valence-corrected chi connectivity index (χ1v) is 8.03. The highest BCUT2D eigenvalue weighted by atomic mass is 16.5. The zero-order valence-electron chi connectivity index (χ0n) is 14.2. The summed E-state index contributed by atoms with van der Waals surface area (Å²) in [7, 11) is 1.62. The van der Waals surface area contributed by atoms with Gasteiger partial charge in [0, 0.05) is 19.1 Å². The predicted molar refractivity (Wildman–Crippen MR) is 90.6 cm³/mol. The van der Waals surface area contributed by atoms with Crippen molar-refractivity contribution in [3.63, 3.8) is 0 Å². The second-order valence-corrected chi connectivity index (χ2v) is 5.35. The van der Waals surface area contributed by atoms with Crippen LogP contribution in [0, 0.1) is 0 Å². The molecule has 0 saturated heterocycles. The first-order valence-electron chi connectivity index (χ1n) is 8.03. The van der Waals surface area contributed by atoms with E-state index in [-0.39, 0.29) is 6.61 Å². The predicted octanol–water partition coefficient (Wildman–Crippen LogP) is 2.13. The van der Waals surface area contributed by atoms with E-state index in [1.807, 2.05) is 6.92 Å². The zero-order chi connectivity index (χ0) is 17.4. The van der Waals surface area contributed by atoms with Crippen LogP contribution < -0.4 is 5.63 Å². The van der Waals surface area contributed by atoms with Gasteiger partial charge in [0.1, 0.15) is 12.4 Å². The molecule has 1 N–H and O–H groups in total. The number of hydrogen-bond donors (Lipinski definition) is 1. The Balaban J connectivity index is 2.09. The van der Waals surface area contributed by atoms with Crippen LogP contribution in [0.2, 0.25) is 0 Å². The third-order valence-corrected chi connectivity index (χ3v) is 3.76. The highest BCUT2D eigenvalue weighted by molar-refractivity contribution is 5.62. The maximum Gasteiger partial charge on any atom is 0.343 e. The van der Waals surface area contributed by atoms with Crippen LogP contribution in [0.15, 0.2) is 21.0 Å². The Morgan fingerprint density at radius 1 is 1.25 bits per heavy atom. The number of fused-ring (bicyclic) bond motifs is 1. The summed E-state index contributed by atoms with van der Waals surface area (Å²) in [6.07, 6.45) is 6.49. The molecule has 0 atom stereocenters. The van der Waals surface area contributed by atoms with Gasteiger partial charge in [0.2, 0.25) is 0 Å². The minimum atomic E-state index is -0.410. The van der Waals surface area contributed by atoms with E-state index in [1.54, 1.807) is 25.3 Å². The molecule has 0 saturated carbocycles. The van der Waals surface area contributed by atoms with Crippen molar-refractivity contribution in [1.29, 1.82) is 0 Å². The molecule has 0 spiro atoms. The van der Waals surface area contributed by atoms with Crippen LogP contribution in [-0.4, -0.2) is 38.6 Å². The summed E-state index contributed by atoms with van der Waals surface area (Å²) in [6.45, 7) is 3.63. The molecule has 0 amide bonds. The lowest BCUT2D eigenvalue weighted by atomic mass is 9.93. The molecule has 1 aliphatic carbocycles. The Hall–Kier alpha value is -1.89. The number of allylic oxidation sites excluding steroid dienone is 2. The highest BCUT2D eigenvalue weighted by Gasteiger charge is 2.21. The summed E-state index contributed by atoms with van der Waals surface area (Å²) in [4.78, 5) is 12.2. The maximum absolute atomic E-state index is 12.2. The summed E-state index contributed by atoms with van der Waals surface area (Å²) >= 11 is 0. The Labute approximate surface area is 141 Å². The van der Waals surface area contributed by atoms with Crippen LogP contribution in [0.4, 0.5) is 0 Å². The topological polar surface area (TPSA) is 78.1 Å². The van der Waals surface area contributed by atoms with Crippen molar-refractivity contribution in [1.82, 2.24) is 0 Å². The molecule has 0 fully saturated rings. The Morgan fingerprint density at radius 2 is 2.04 bits per heavy atom. The molecule has 6 heteroatoms. The first-order chi connectivity index (χ1) is 11.7. The number of ether oxygens (including phenoxy) is 3. The minimum Gasteiger partial charge on any atom is -0.495 e. The molecule has 2 rings (SSSR count). The summed E-state index contributed by atoms with van der Waals surface area (Å²) in [5.74, 6) is 1.15. The fraction of sp³-hybridized carbons (Fsp3) is 0.500. The van der Waals surface area contributed by atoms with E-state index in [9.17, 15) is 9.90 Å². The molecule has 0 radical (unpaired) electrons. The van der Waals surface area contributed by atoms with Gasteiger partial charge in [-0.2, -0.15) is 0 Å². The molecule has 0 aliphatic heterocycles. The van der Waals surface area contributed by atoms with Crippen LogP contribution in [0.5, 0.6) is 0 Å². The van der Waals surface area contributed by atoms with Crippen LogP contribution in [0.3, 0.4) is 0 Å². The lowest BCUT2D eigenvalue weighted by Crippen LogP contribution is -2.17. The Morgan fingerprint density at radius 3 is 2.75 bits per heavy atom. The Bertz CT molecular complexity index is 656. The van der Waals surface area contributed by atoms with Gasteiger partial charge in [-0.15, -0.1) is 0 Å². The van der Waals surface area contributed by atoms with Gasteiger partial charge in [0.15, 0.2) is 0 Å². The lowest BCUT2D eigenvalue weighted by molar-refractivity contribution is 0.0406. The number of methoxy groups -OCH3 is 1. The third kappa shape index (κ3) is 4.56. The van der Waals surface area contributed by atoms with Crippen LogP contribution in [0.1, 0.15) is 35.8 Å². The van der Waals surface area contributed by atoms with E-state index in [4.69, 9.17) is 18.6 Å². The normalized spacial score (nSPS) is 13.9. The van der Waals surface area contributed by atoms with Gasteiger partial charge in [-0.3, -0.25) is 0 Å². The summed E-state index contributed by atoms with van der Waals surface area (Å²) in [6, 6.07) is 0. The smallest absolute Gasteiger partial charge is 0.343 e. The SMILES string of the molecule is C/C=C\c1oc(=O)c2c(c1CO)CCC(OCCOCCOC)=C2.